The van der Waals surface area contributed by atoms with E-state index in [1.54, 1.807) is 6.92 Å². The SMILES string of the molecule is C=C(C)C(=O)OC1CC2C(C1)C1CC2C2OC12. The fraction of sp³-hybridized carbons (Fsp3) is 0.786. The topological polar surface area (TPSA) is 38.8 Å². The van der Waals surface area contributed by atoms with Gasteiger partial charge in [0, 0.05) is 5.57 Å². The molecule has 4 fully saturated rings. The van der Waals surface area contributed by atoms with Crippen molar-refractivity contribution in [2.45, 2.75) is 44.5 Å². The Labute approximate surface area is 101 Å². The number of esters is 1. The summed E-state index contributed by atoms with van der Waals surface area (Å²) in [6.45, 7) is 5.35. The van der Waals surface area contributed by atoms with Crippen LogP contribution in [0.3, 0.4) is 0 Å². The van der Waals surface area contributed by atoms with Crippen molar-refractivity contribution in [3.63, 3.8) is 0 Å². The minimum absolute atomic E-state index is 0.136. The molecule has 0 aromatic carbocycles. The molecule has 0 spiro atoms. The van der Waals surface area contributed by atoms with Crippen molar-refractivity contribution in [1.29, 1.82) is 0 Å². The van der Waals surface area contributed by atoms with Gasteiger partial charge in [-0.3, -0.25) is 0 Å². The first-order chi connectivity index (χ1) is 8.15. The highest BCUT2D eigenvalue weighted by Crippen LogP contribution is 2.66. The first-order valence-corrected chi connectivity index (χ1v) is 6.67. The van der Waals surface area contributed by atoms with Crippen molar-refractivity contribution in [2.75, 3.05) is 0 Å². The summed E-state index contributed by atoms with van der Waals surface area (Å²) in [5, 5.41) is 0. The van der Waals surface area contributed by atoms with Crippen molar-refractivity contribution in [2.24, 2.45) is 23.7 Å². The monoisotopic (exact) mass is 234 g/mol. The van der Waals surface area contributed by atoms with E-state index in [-0.39, 0.29) is 12.1 Å². The van der Waals surface area contributed by atoms with Gasteiger partial charge in [-0.05, 0) is 49.9 Å². The molecule has 6 atom stereocenters. The van der Waals surface area contributed by atoms with Gasteiger partial charge in [0.1, 0.15) is 6.10 Å². The van der Waals surface area contributed by atoms with E-state index >= 15 is 0 Å². The summed E-state index contributed by atoms with van der Waals surface area (Å²) >= 11 is 0. The molecule has 1 saturated heterocycles. The number of carbonyl (C=O) groups excluding carboxylic acids is 1. The number of fused-ring (bicyclic) bond motifs is 8. The Morgan fingerprint density at radius 2 is 1.71 bits per heavy atom. The summed E-state index contributed by atoms with van der Waals surface area (Å²) in [5.41, 5.74) is 0.510. The average Bonchev–Trinajstić information content (AvgIpc) is 2.68. The Bertz CT molecular complexity index is 380. The van der Waals surface area contributed by atoms with Gasteiger partial charge in [0.2, 0.25) is 0 Å². The van der Waals surface area contributed by atoms with Crippen molar-refractivity contribution in [1.82, 2.24) is 0 Å². The molecule has 3 heteroatoms. The second-order valence-electron chi connectivity index (χ2n) is 6.24. The number of ether oxygens (including phenoxy) is 2. The minimum atomic E-state index is -0.219. The lowest BCUT2D eigenvalue weighted by Crippen LogP contribution is -2.22. The zero-order chi connectivity index (χ0) is 11.7. The summed E-state index contributed by atoms with van der Waals surface area (Å²) in [6.07, 6.45) is 4.74. The Morgan fingerprint density at radius 1 is 1.12 bits per heavy atom. The summed E-state index contributed by atoms with van der Waals surface area (Å²) < 4.78 is 11.2. The first-order valence-electron chi connectivity index (χ1n) is 6.67. The quantitative estimate of drug-likeness (QED) is 0.416. The lowest BCUT2D eigenvalue weighted by molar-refractivity contribution is -0.144. The van der Waals surface area contributed by atoms with E-state index in [2.05, 4.69) is 6.58 Å². The molecule has 4 aliphatic rings. The molecular formula is C14H18O3. The highest BCUT2D eigenvalue weighted by molar-refractivity contribution is 5.87. The highest BCUT2D eigenvalue weighted by atomic mass is 16.6. The van der Waals surface area contributed by atoms with Gasteiger partial charge < -0.3 is 9.47 Å². The molecule has 4 rings (SSSR count). The van der Waals surface area contributed by atoms with Crippen LogP contribution in [0.1, 0.15) is 26.2 Å². The zero-order valence-corrected chi connectivity index (χ0v) is 10.1. The number of hydrogen-bond donors (Lipinski definition) is 0. The zero-order valence-electron chi connectivity index (χ0n) is 10.1. The largest absolute Gasteiger partial charge is 0.459 e. The number of carbonyl (C=O) groups is 1. The van der Waals surface area contributed by atoms with E-state index in [0.717, 1.165) is 36.5 Å². The Hall–Kier alpha value is -0.830. The van der Waals surface area contributed by atoms with Crippen LogP contribution in [-0.2, 0) is 14.3 Å². The third kappa shape index (κ3) is 1.29. The molecule has 3 saturated carbocycles. The van der Waals surface area contributed by atoms with Crippen molar-refractivity contribution in [3.05, 3.63) is 12.2 Å². The van der Waals surface area contributed by atoms with Crippen LogP contribution in [0, 0.1) is 23.7 Å². The maximum absolute atomic E-state index is 11.5. The van der Waals surface area contributed by atoms with E-state index in [0.29, 0.717) is 17.8 Å². The van der Waals surface area contributed by atoms with Gasteiger partial charge in [0.15, 0.2) is 0 Å². The van der Waals surface area contributed by atoms with Crippen LogP contribution < -0.4 is 0 Å². The van der Waals surface area contributed by atoms with Crippen LogP contribution in [-0.4, -0.2) is 24.3 Å². The third-order valence-corrected chi connectivity index (χ3v) is 5.29. The average molecular weight is 234 g/mol. The van der Waals surface area contributed by atoms with Gasteiger partial charge in [0.25, 0.3) is 0 Å². The molecule has 17 heavy (non-hydrogen) atoms. The second-order valence-corrected chi connectivity index (χ2v) is 6.24. The summed E-state index contributed by atoms with van der Waals surface area (Å²) in [6, 6.07) is 0. The number of hydrogen-bond acceptors (Lipinski definition) is 3. The smallest absolute Gasteiger partial charge is 0.333 e. The lowest BCUT2D eigenvalue weighted by Gasteiger charge is -2.20. The lowest BCUT2D eigenvalue weighted by atomic mass is 9.82. The van der Waals surface area contributed by atoms with Gasteiger partial charge in [-0.1, -0.05) is 6.58 Å². The number of rotatable bonds is 2. The maximum atomic E-state index is 11.5. The predicted octanol–water partition coefficient (Wildman–Crippen LogP) is 1.92. The van der Waals surface area contributed by atoms with Crippen molar-refractivity contribution < 1.29 is 14.3 Å². The maximum Gasteiger partial charge on any atom is 0.333 e. The van der Waals surface area contributed by atoms with Gasteiger partial charge >= 0.3 is 5.97 Å². The van der Waals surface area contributed by atoms with Gasteiger partial charge in [0.05, 0.1) is 12.2 Å². The highest BCUT2D eigenvalue weighted by Gasteiger charge is 2.68. The predicted molar refractivity (Wildman–Crippen MR) is 61.2 cm³/mol. The van der Waals surface area contributed by atoms with Crippen LogP contribution in [0.15, 0.2) is 12.2 Å². The number of epoxide rings is 1. The fourth-order valence-corrected chi connectivity index (χ4v) is 4.63. The normalized spacial score (nSPS) is 53.1. The molecule has 6 unspecified atom stereocenters. The van der Waals surface area contributed by atoms with Crippen molar-refractivity contribution >= 4 is 5.97 Å². The fourth-order valence-electron chi connectivity index (χ4n) is 4.63. The second kappa shape index (κ2) is 3.14. The van der Waals surface area contributed by atoms with Crippen LogP contribution in [0.4, 0.5) is 0 Å². The molecule has 0 aromatic heterocycles. The molecule has 3 aliphatic carbocycles. The molecule has 3 nitrogen and oxygen atoms in total. The van der Waals surface area contributed by atoms with E-state index in [4.69, 9.17) is 9.47 Å². The van der Waals surface area contributed by atoms with E-state index in [1.165, 1.54) is 6.42 Å². The van der Waals surface area contributed by atoms with E-state index in [9.17, 15) is 4.79 Å². The van der Waals surface area contributed by atoms with Gasteiger partial charge in [-0.2, -0.15) is 0 Å². The first kappa shape index (κ1) is 10.1. The van der Waals surface area contributed by atoms with Crippen molar-refractivity contribution in [3.8, 4) is 0 Å². The minimum Gasteiger partial charge on any atom is -0.459 e. The molecule has 1 aliphatic heterocycles. The van der Waals surface area contributed by atoms with E-state index in [1.807, 2.05) is 0 Å². The standard InChI is InChI=1S/C14H18O3/c1-6(2)14(15)16-7-3-8-9(4-7)11-5-10(8)12-13(11)17-12/h7-13H,1,3-5H2,2H3. The Morgan fingerprint density at radius 3 is 2.24 bits per heavy atom. The summed E-state index contributed by atoms with van der Waals surface area (Å²) in [5.74, 6) is 2.83. The molecule has 0 radical (unpaired) electrons. The van der Waals surface area contributed by atoms with Crippen LogP contribution in [0.2, 0.25) is 0 Å². The van der Waals surface area contributed by atoms with Gasteiger partial charge in [-0.25, -0.2) is 4.79 Å². The summed E-state index contributed by atoms with van der Waals surface area (Å²) in [7, 11) is 0. The summed E-state index contributed by atoms with van der Waals surface area (Å²) in [4.78, 5) is 11.5. The third-order valence-electron chi connectivity index (χ3n) is 5.29. The molecule has 1 heterocycles. The Balaban J connectivity index is 1.45. The molecule has 92 valence electrons. The molecule has 0 N–H and O–H groups in total. The van der Waals surface area contributed by atoms with E-state index < -0.39 is 0 Å². The Kier molecular flexibility index (Phi) is 1.87. The molecule has 0 amide bonds. The van der Waals surface area contributed by atoms with Gasteiger partial charge in [-0.15, -0.1) is 0 Å². The molecule has 0 aromatic rings. The molecule has 2 bridgehead atoms. The van der Waals surface area contributed by atoms with Crippen LogP contribution >= 0.6 is 0 Å². The van der Waals surface area contributed by atoms with Crippen LogP contribution in [0.5, 0.6) is 0 Å². The van der Waals surface area contributed by atoms with Crippen LogP contribution in [0.25, 0.3) is 0 Å². The molecular weight excluding hydrogens is 216 g/mol.